The summed E-state index contributed by atoms with van der Waals surface area (Å²) in [5, 5.41) is 10.7. The van der Waals surface area contributed by atoms with Gasteiger partial charge in [-0.2, -0.15) is 0 Å². The third-order valence-electron chi connectivity index (χ3n) is 5.04. The monoisotopic (exact) mass is 290 g/mol. The predicted octanol–water partition coefficient (Wildman–Crippen LogP) is 2.70. The fourth-order valence-corrected chi connectivity index (χ4v) is 3.21. The van der Waals surface area contributed by atoms with Crippen LogP contribution in [-0.4, -0.2) is 53.7 Å². The Kier molecular flexibility index (Phi) is 5.80. The molecule has 0 spiro atoms. The van der Waals surface area contributed by atoms with E-state index in [4.69, 9.17) is 0 Å². The van der Waals surface area contributed by atoms with Crippen molar-refractivity contribution in [1.82, 2.24) is 9.80 Å². The second-order valence-corrected chi connectivity index (χ2v) is 6.32. The highest BCUT2D eigenvalue weighted by atomic mass is 16.3. The molecule has 1 aliphatic heterocycles. The summed E-state index contributed by atoms with van der Waals surface area (Å²) in [5.74, 6) is 0. The molecule has 3 atom stereocenters. The summed E-state index contributed by atoms with van der Waals surface area (Å²) in [6.07, 6.45) is 1.81. The normalized spacial score (nSPS) is 24.0. The molecule has 1 aromatic carbocycles. The lowest BCUT2D eigenvalue weighted by Gasteiger charge is -2.43. The number of rotatable bonds is 5. The minimum Gasteiger partial charge on any atom is -0.387 e. The molecule has 0 amide bonds. The molecule has 0 saturated carbocycles. The number of aliphatic hydroxyl groups excluding tert-OH is 1. The molecule has 0 aliphatic carbocycles. The van der Waals surface area contributed by atoms with Crippen molar-refractivity contribution in [3.05, 3.63) is 35.4 Å². The molecule has 1 saturated heterocycles. The van der Waals surface area contributed by atoms with Crippen LogP contribution in [0.15, 0.2) is 24.3 Å². The summed E-state index contributed by atoms with van der Waals surface area (Å²) in [7, 11) is 2.20. The maximum Gasteiger partial charge on any atom is 0.0942 e. The van der Waals surface area contributed by atoms with Crippen molar-refractivity contribution in [2.24, 2.45) is 0 Å². The van der Waals surface area contributed by atoms with Gasteiger partial charge in [0, 0.05) is 31.7 Å². The average molecular weight is 290 g/mol. The lowest BCUT2D eigenvalue weighted by Crippen LogP contribution is -2.54. The Labute approximate surface area is 129 Å². The Hall–Kier alpha value is -0.900. The number of nitrogens with zero attached hydrogens (tertiary/aromatic N) is 2. The molecule has 1 N–H and O–H groups in total. The summed E-state index contributed by atoms with van der Waals surface area (Å²) in [6, 6.07) is 9.19. The third-order valence-corrected chi connectivity index (χ3v) is 5.04. The number of hydrogen-bond acceptors (Lipinski definition) is 3. The zero-order chi connectivity index (χ0) is 15.4. The van der Waals surface area contributed by atoms with E-state index in [-0.39, 0.29) is 6.04 Å². The molecule has 3 unspecified atom stereocenters. The van der Waals surface area contributed by atoms with Gasteiger partial charge in [0.1, 0.15) is 0 Å². The van der Waals surface area contributed by atoms with Crippen LogP contribution in [0.2, 0.25) is 0 Å². The Bertz CT molecular complexity index is 431. The molecular weight excluding hydrogens is 260 g/mol. The summed E-state index contributed by atoms with van der Waals surface area (Å²) < 4.78 is 0. The lowest BCUT2D eigenvalue weighted by atomic mass is 9.98. The number of aliphatic hydroxyl groups is 1. The summed E-state index contributed by atoms with van der Waals surface area (Å²) in [5.41, 5.74) is 2.36. The van der Waals surface area contributed by atoms with Gasteiger partial charge in [-0.1, -0.05) is 38.1 Å². The highest BCUT2D eigenvalue weighted by molar-refractivity contribution is 5.25. The van der Waals surface area contributed by atoms with Crippen LogP contribution in [0.4, 0.5) is 0 Å². The Morgan fingerprint density at radius 3 is 2.43 bits per heavy atom. The summed E-state index contributed by atoms with van der Waals surface area (Å²) in [4.78, 5) is 4.87. The molecule has 0 radical (unpaired) electrons. The van der Waals surface area contributed by atoms with Gasteiger partial charge in [0.05, 0.1) is 6.10 Å². The Morgan fingerprint density at radius 1 is 1.19 bits per heavy atom. The van der Waals surface area contributed by atoms with E-state index in [0.29, 0.717) is 6.04 Å². The van der Waals surface area contributed by atoms with Crippen LogP contribution in [0.5, 0.6) is 0 Å². The third kappa shape index (κ3) is 3.85. The smallest absolute Gasteiger partial charge is 0.0942 e. The summed E-state index contributed by atoms with van der Waals surface area (Å²) >= 11 is 0. The molecule has 1 heterocycles. The van der Waals surface area contributed by atoms with Crippen LogP contribution >= 0.6 is 0 Å². The molecule has 3 heteroatoms. The van der Waals surface area contributed by atoms with Crippen LogP contribution in [0, 0.1) is 0 Å². The van der Waals surface area contributed by atoms with Crippen molar-refractivity contribution in [1.29, 1.82) is 0 Å². The maximum absolute atomic E-state index is 10.7. The van der Waals surface area contributed by atoms with E-state index in [1.54, 1.807) is 0 Å². The number of benzene rings is 1. The first kappa shape index (κ1) is 16.5. The van der Waals surface area contributed by atoms with Gasteiger partial charge in [0.25, 0.3) is 0 Å². The van der Waals surface area contributed by atoms with E-state index in [9.17, 15) is 5.11 Å². The Balaban J connectivity index is 2.02. The molecule has 1 aliphatic rings. The number of piperazine rings is 1. The van der Waals surface area contributed by atoms with Crippen LogP contribution in [0.3, 0.4) is 0 Å². The molecule has 21 heavy (non-hydrogen) atoms. The second kappa shape index (κ2) is 7.39. The first-order chi connectivity index (χ1) is 10.1. The van der Waals surface area contributed by atoms with E-state index >= 15 is 0 Å². The van der Waals surface area contributed by atoms with Crippen molar-refractivity contribution in [3.63, 3.8) is 0 Å². The van der Waals surface area contributed by atoms with Crippen LogP contribution < -0.4 is 0 Å². The van der Waals surface area contributed by atoms with Gasteiger partial charge in [-0.15, -0.1) is 0 Å². The van der Waals surface area contributed by atoms with Gasteiger partial charge in [0.15, 0.2) is 0 Å². The fraction of sp³-hybridized carbons (Fsp3) is 0.667. The molecular formula is C18H30N2O. The quantitative estimate of drug-likeness (QED) is 0.903. The molecule has 3 nitrogen and oxygen atoms in total. The molecule has 0 aromatic heterocycles. The van der Waals surface area contributed by atoms with Crippen molar-refractivity contribution in [2.75, 3.05) is 26.7 Å². The van der Waals surface area contributed by atoms with Crippen molar-refractivity contribution >= 4 is 0 Å². The number of aryl methyl sites for hydroxylation is 1. The van der Waals surface area contributed by atoms with Gasteiger partial charge in [-0.25, -0.2) is 0 Å². The molecule has 118 valence electrons. The standard InChI is InChI=1S/C18H30N2O/c1-5-15-7-9-16(10-8-15)18(21)14(3)20-12-11-19(4)17(6-2)13-20/h7-10,14,17-18,21H,5-6,11-13H2,1-4H3. The minimum atomic E-state index is -0.406. The zero-order valence-electron chi connectivity index (χ0n) is 13.9. The average Bonchev–Trinajstić information content (AvgIpc) is 2.54. The lowest BCUT2D eigenvalue weighted by molar-refractivity contribution is 0.00894. The van der Waals surface area contributed by atoms with Gasteiger partial charge < -0.3 is 10.0 Å². The fourth-order valence-electron chi connectivity index (χ4n) is 3.21. The minimum absolute atomic E-state index is 0.167. The van der Waals surface area contributed by atoms with Crippen molar-refractivity contribution < 1.29 is 5.11 Å². The first-order valence-corrected chi connectivity index (χ1v) is 8.28. The van der Waals surface area contributed by atoms with Crippen LogP contribution in [-0.2, 0) is 6.42 Å². The molecule has 1 aromatic rings. The Morgan fingerprint density at radius 2 is 1.86 bits per heavy atom. The van der Waals surface area contributed by atoms with Gasteiger partial charge in [0.2, 0.25) is 0 Å². The highest BCUT2D eigenvalue weighted by Gasteiger charge is 2.29. The molecule has 0 bridgehead atoms. The van der Waals surface area contributed by atoms with Crippen molar-refractivity contribution in [2.45, 2.75) is 51.8 Å². The predicted molar refractivity (Wildman–Crippen MR) is 88.5 cm³/mol. The topological polar surface area (TPSA) is 26.7 Å². The number of hydrogen-bond donors (Lipinski definition) is 1. The first-order valence-electron chi connectivity index (χ1n) is 8.28. The zero-order valence-corrected chi connectivity index (χ0v) is 13.9. The van der Waals surface area contributed by atoms with Gasteiger partial charge >= 0.3 is 0 Å². The SMILES string of the molecule is CCc1ccc(C(O)C(C)N2CCN(C)C(CC)C2)cc1. The van der Waals surface area contributed by atoms with E-state index in [0.717, 1.165) is 31.6 Å². The number of likely N-dealkylation sites (N-methyl/N-ethyl adjacent to an activating group) is 1. The second-order valence-electron chi connectivity index (χ2n) is 6.32. The van der Waals surface area contributed by atoms with E-state index in [1.807, 2.05) is 0 Å². The van der Waals surface area contributed by atoms with Crippen LogP contribution in [0.25, 0.3) is 0 Å². The largest absolute Gasteiger partial charge is 0.387 e. The maximum atomic E-state index is 10.7. The van der Waals surface area contributed by atoms with E-state index in [2.05, 4.69) is 61.9 Å². The van der Waals surface area contributed by atoms with E-state index in [1.165, 1.54) is 12.0 Å². The molecule has 2 rings (SSSR count). The van der Waals surface area contributed by atoms with Crippen LogP contribution in [0.1, 0.15) is 44.4 Å². The van der Waals surface area contributed by atoms with E-state index < -0.39 is 6.10 Å². The highest BCUT2D eigenvalue weighted by Crippen LogP contribution is 2.24. The molecule has 1 fully saturated rings. The van der Waals surface area contributed by atoms with Gasteiger partial charge in [-0.05, 0) is 37.9 Å². The van der Waals surface area contributed by atoms with Gasteiger partial charge in [-0.3, -0.25) is 4.90 Å². The summed E-state index contributed by atoms with van der Waals surface area (Å²) in [6.45, 7) is 9.73. The van der Waals surface area contributed by atoms with Crippen molar-refractivity contribution in [3.8, 4) is 0 Å².